The molecule has 0 aliphatic carbocycles. The number of halogens is 1. The number of pyridine rings is 1. The third kappa shape index (κ3) is 1.91. The summed E-state index contributed by atoms with van der Waals surface area (Å²) < 4.78 is 7.95. The fraction of sp³-hybridized carbons (Fsp3) is 0.273. The molecule has 0 saturated heterocycles. The number of carbonyl (C=O) groups excluding carboxylic acids is 1. The van der Waals surface area contributed by atoms with Crippen LogP contribution in [0.25, 0.3) is 5.65 Å². The summed E-state index contributed by atoms with van der Waals surface area (Å²) >= 11 is 2.22. The smallest absolute Gasteiger partial charge is 0.358 e. The number of hydrogen-bond acceptors (Lipinski definition) is 3. The van der Waals surface area contributed by atoms with E-state index >= 15 is 0 Å². The number of imidazole rings is 1. The Balaban J connectivity index is 2.56. The van der Waals surface area contributed by atoms with Gasteiger partial charge in [-0.25, -0.2) is 9.78 Å². The molecular formula is C11H11IN2O2. The number of ether oxygens (including phenoxy) is 1. The summed E-state index contributed by atoms with van der Waals surface area (Å²) in [5, 5.41) is 0. The van der Waals surface area contributed by atoms with Crippen LogP contribution >= 0.6 is 22.6 Å². The molecule has 16 heavy (non-hydrogen) atoms. The van der Waals surface area contributed by atoms with Crippen LogP contribution in [0.5, 0.6) is 0 Å². The molecule has 0 spiro atoms. The first-order valence-corrected chi connectivity index (χ1v) is 6.02. The molecule has 2 heterocycles. The number of nitrogens with zero attached hydrogens (tertiary/aromatic N) is 2. The highest BCUT2D eigenvalue weighted by Gasteiger charge is 2.16. The van der Waals surface area contributed by atoms with Gasteiger partial charge in [0.15, 0.2) is 5.69 Å². The standard InChI is InChI=1S/C11H11IN2O2/c1-3-16-11(15)10-7(2)14-6-8(12)4-5-9(14)13-10/h4-6H,3H2,1-2H3. The second kappa shape index (κ2) is 4.40. The van der Waals surface area contributed by atoms with E-state index in [9.17, 15) is 4.79 Å². The fourth-order valence-corrected chi connectivity index (χ4v) is 1.99. The van der Waals surface area contributed by atoms with E-state index < -0.39 is 0 Å². The molecule has 0 saturated carbocycles. The minimum atomic E-state index is -0.362. The maximum Gasteiger partial charge on any atom is 0.358 e. The van der Waals surface area contributed by atoms with Gasteiger partial charge in [0.2, 0.25) is 0 Å². The van der Waals surface area contributed by atoms with Crippen LogP contribution in [-0.2, 0) is 4.74 Å². The first-order chi connectivity index (χ1) is 7.63. The number of esters is 1. The molecular weight excluding hydrogens is 319 g/mol. The minimum Gasteiger partial charge on any atom is -0.461 e. The summed E-state index contributed by atoms with van der Waals surface area (Å²) in [7, 11) is 0. The molecule has 0 bridgehead atoms. The zero-order valence-electron chi connectivity index (χ0n) is 9.03. The van der Waals surface area contributed by atoms with E-state index in [4.69, 9.17) is 4.74 Å². The zero-order valence-corrected chi connectivity index (χ0v) is 11.2. The minimum absolute atomic E-state index is 0.362. The molecule has 4 nitrogen and oxygen atoms in total. The Bertz CT molecular complexity index is 548. The average Bonchev–Trinajstić information content (AvgIpc) is 2.57. The maximum absolute atomic E-state index is 11.6. The van der Waals surface area contributed by atoms with Crippen molar-refractivity contribution in [3.63, 3.8) is 0 Å². The molecule has 0 N–H and O–H groups in total. The van der Waals surface area contributed by atoms with Crippen molar-refractivity contribution in [1.29, 1.82) is 0 Å². The third-order valence-electron chi connectivity index (χ3n) is 2.29. The first kappa shape index (κ1) is 11.4. The van der Waals surface area contributed by atoms with Crippen molar-refractivity contribution in [1.82, 2.24) is 9.38 Å². The van der Waals surface area contributed by atoms with Crippen LogP contribution in [0.4, 0.5) is 0 Å². The summed E-state index contributed by atoms with van der Waals surface area (Å²) in [4.78, 5) is 15.9. The van der Waals surface area contributed by atoms with Crippen LogP contribution < -0.4 is 0 Å². The Morgan fingerprint density at radius 3 is 3.00 bits per heavy atom. The molecule has 84 valence electrons. The van der Waals surface area contributed by atoms with Crippen LogP contribution in [0.15, 0.2) is 18.3 Å². The molecule has 0 fully saturated rings. The van der Waals surface area contributed by atoms with Gasteiger partial charge in [0, 0.05) is 9.77 Å². The predicted molar refractivity (Wildman–Crippen MR) is 68.6 cm³/mol. The lowest BCUT2D eigenvalue weighted by molar-refractivity contribution is 0.0519. The highest BCUT2D eigenvalue weighted by Crippen LogP contribution is 2.15. The lowest BCUT2D eigenvalue weighted by Crippen LogP contribution is -2.06. The van der Waals surface area contributed by atoms with Crippen molar-refractivity contribution in [3.8, 4) is 0 Å². The molecule has 0 unspecified atom stereocenters. The van der Waals surface area contributed by atoms with Crippen LogP contribution in [0.3, 0.4) is 0 Å². The van der Waals surface area contributed by atoms with Gasteiger partial charge in [-0.1, -0.05) is 0 Å². The summed E-state index contributed by atoms with van der Waals surface area (Å²) in [6.07, 6.45) is 1.95. The molecule has 2 aromatic heterocycles. The predicted octanol–water partition coefficient (Wildman–Crippen LogP) is 2.42. The van der Waals surface area contributed by atoms with Crippen molar-refractivity contribution >= 4 is 34.2 Å². The molecule has 0 aliphatic rings. The lowest BCUT2D eigenvalue weighted by atomic mass is 10.3. The molecule has 2 aromatic rings. The highest BCUT2D eigenvalue weighted by molar-refractivity contribution is 14.1. The van der Waals surface area contributed by atoms with E-state index in [0.29, 0.717) is 12.3 Å². The first-order valence-electron chi connectivity index (χ1n) is 4.94. The molecule has 0 aliphatic heterocycles. The van der Waals surface area contributed by atoms with Crippen molar-refractivity contribution in [3.05, 3.63) is 33.3 Å². The quantitative estimate of drug-likeness (QED) is 0.627. The van der Waals surface area contributed by atoms with Crippen LogP contribution in [0.1, 0.15) is 23.1 Å². The number of hydrogen-bond donors (Lipinski definition) is 0. The summed E-state index contributed by atoms with van der Waals surface area (Å²) in [5.74, 6) is -0.362. The third-order valence-corrected chi connectivity index (χ3v) is 2.93. The number of fused-ring (bicyclic) bond motifs is 1. The number of aromatic nitrogens is 2. The fourth-order valence-electron chi connectivity index (χ4n) is 1.53. The molecule has 0 atom stereocenters. The number of rotatable bonds is 2. The zero-order chi connectivity index (χ0) is 11.7. The van der Waals surface area contributed by atoms with E-state index in [-0.39, 0.29) is 5.97 Å². The number of aryl methyl sites for hydroxylation is 1. The monoisotopic (exact) mass is 330 g/mol. The molecule has 0 radical (unpaired) electrons. The molecule has 0 amide bonds. The summed E-state index contributed by atoms with van der Waals surface area (Å²) in [5.41, 5.74) is 1.97. The average molecular weight is 330 g/mol. The molecule has 0 aromatic carbocycles. The van der Waals surface area contributed by atoms with Gasteiger partial charge in [0.05, 0.1) is 12.3 Å². The van der Waals surface area contributed by atoms with Gasteiger partial charge in [-0.05, 0) is 48.6 Å². The van der Waals surface area contributed by atoms with E-state index in [2.05, 4.69) is 27.6 Å². The highest BCUT2D eigenvalue weighted by atomic mass is 127. The van der Waals surface area contributed by atoms with Gasteiger partial charge in [0.25, 0.3) is 0 Å². The van der Waals surface area contributed by atoms with Gasteiger partial charge in [-0.2, -0.15) is 0 Å². The Kier molecular flexibility index (Phi) is 3.13. The SMILES string of the molecule is CCOC(=O)c1nc2ccc(I)cn2c1C. The van der Waals surface area contributed by atoms with Gasteiger partial charge >= 0.3 is 5.97 Å². The van der Waals surface area contributed by atoms with Crippen molar-refractivity contribution < 1.29 is 9.53 Å². The Labute approximate surface area is 107 Å². The maximum atomic E-state index is 11.6. The van der Waals surface area contributed by atoms with E-state index in [0.717, 1.165) is 14.9 Å². The molecule has 2 rings (SSSR count). The second-order valence-electron chi connectivity index (χ2n) is 3.34. The van der Waals surface area contributed by atoms with Gasteiger partial charge < -0.3 is 9.14 Å². The van der Waals surface area contributed by atoms with Crippen molar-refractivity contribution in [2.75, 3.05) is 6.61 Å². The van der Waals surface area contributed by atoms with Gasteiger partial charge in [0.1, 0.15) is 5.65 Å². The lowest BCUT2D eigenvalue weighted by Gasteiger charge is -1.99. The van der Waals surface area contributed by atoms with E-state index in [1.54, 1.807) is 6.92 Å². The van der Waals surface area contributed by atoms with Gasteiger partial charge in [-0.3, -0.25) is 0 Å². The Hall–Kier alpha value is -1.11. The molecule has 5 heteroatoms. The summed E-state index contributed by atoms with van der Waals surface area (Å²) in [6, 6.07) is 3.84. The second-order valence-corrected chi connectivity index (χ2v) is 4.59. The van der Waals surface area contributed by atoms with Crippen LogP contribution in [0.2, 0.25) is 0 Å². The topological polar surface area (TPSA) is 43.6 Å². The van der Waals surface area contributed by atoms with Crippen molar-refractivity contribution in [2.45, 2.75) is 13.8 Å². The van der Waals surface area contributed by atoms with Crippen LogP contribution in [0, 0.1) is 10.5 Å². The Morgan fingerprint density at radius 2 is 2.31 bits per heavy atom. The van der Waals surface area contributed by atoms with Crippen LogP contribution in [-0.4, -0.2) is 22.0 Å². The number of carbonyl (C=O) groups is 1. The normalized spacial score (nSPS) is 10.7. The Morgan fingerprint density at radius 1 is 1.56 bits per heavy atom. The van der Waals surface area contributed by atoms with Crippen molar-refractivity contribution in [2.24, 2.45) is 0 Å². The van der Waals surface area contributed by atoms with E-state index in [1.807, 2.05) is 29.7 Å². The van der Waals surface area contributed by atoms with Gasteiger partial charge in [-0.15, -0.1) is 0 Å². The summed E-state index contributed by atoms with van der Waals surface area (Å²) in [6.45, 7) is 4.01. The van der Waals surface area contributed by atoms with E-state index in [1.165, 1.54) is 0 Å². The largest absolute Gasteiger partial charge is 0.461 e.